The van der Waals surface area contributed by atoms with E-state index >= 15 is 0 Å². The van der Waals surface area contributed by atoms with Gasteiger partial charge >= 0.3 is 11.9 Å². The summed E-state index contributed by atoms with van der Waals surface area (Å²) in [6.07, 6.45) is 1.57. The average molecular weight is 252 g/mol. The molecule has 0 fully saturated rings. The number of allylic oxidation sites excluding steroid dienone is 1. The van der Waals surface area contributed by atoms with Crippen LogP contribution in [0, 0.1) is 0 Å². The first-order valence-corrected chi connectivity index (χ1v) is 5.26. The van der Waals surface area contributed by atoms with Crippen LogP contribution in [0.25, 0.3) is 0 Å². The Morgan fingerprint density at radius 3 is 2.65 bits per heavy atom. The minimum absolute atomic E-state index is 0.0640. The quantitative estimate of drug-likeness (QED) is 0.377. The van der Waals surface area contributed by atoms with E-state index in [4.69, 9.17) is 4.74 Å². The zero-order chi connectivity index (χ0) is 13.3. The Balaban J connectivity index is 4.07. The minimum Gasteiger partial charge on any atom is -0.462 e. The molecule has 0 spiro atoms. The summed E-state index contributed by atoms with van der Waals surface area (Å²) in [6, 6.07) is 0. The molecule has 0 bridgehead atoms. The van der Waals surface area contributed by atoms with E-state index in [-0.39, 0.29) is 19.5 Å². The van der Waals surface area contributed by atoms with Crippen LogP contribution in [0.5, 0.6) is 0 Å². The van der Waals surface area contributed by atoms with Gasteiger partial charge in [-0.15, -0.1) is 0 Å². The van der Waals surface area contributed by atoms with Crippen molar-refractivity contribution in [1.82, 2.24) is 0 Å². The Hall–Kier alpha value is -1.01. The number of carbonyl (C=O) groups is 1. The first kappa shape index (κ1) is 16.0. The molecule has 0 rings (SSSR count). The van der Waals surface area contributed by atoms with Crippen LogP contribution in [0.3, 0.4) is 0 Å². The Morgan fingerprint density at radius 2 is 2.12 bits per heavy atom. The van der Waals surface area contributed by atoms with Gasteiger partial charge in [0, 0.05) is 13.5 Å². The molecule has 1 unspecified atom stereocenters. The molecule has 0 aliphatic rings. The molecule has 0 aliphatic carbocycles. The Labute approximate surface area is 99.5 Å². The maximum atomic E-state index is 13.1. The maximum absolute atomic E-state index is 13.1. The fraction of sp³-hybridized carbons (Fsp3) is 0.727. The molecule has 0 aromatic heterocycles. The van der Waals surface area contributed by atoms with Gasteiger partial charge in [-0.2, -0.15) is 8.78 Å². The van der Waals surface area contributed by atoms with Crippen molar-refractivity contribution >= 4 is 5.97 Å². The molecule has 0 aliphatic heterocycles. The first-order valence-electron chi connectivity index (χ1n) is 5.26. The Bertz CT molecular complexity index is 254. The second-order valence-electron chi connectivity index (χ2n) is 3.34. The lowest BCUT2D eigenvalue weighted by Crippen LogP contribution is -2.30. The molecule has 100 valence electrons. The first-order chi connectivity index (χ1) is 7.94. The van der Waals surface area contributed by atoms with Crippen LogP contribution >= 0.6 is 0 Å². The van der Waals surface area contributed by atoms with Gasteiger partial charge in [0.25, 0.3) is 0 Å². The zero-order valence-corrected chi connectivity index (χ0v) is 10.2. The van der Waals surface area contributed by atoms with E-state index in [0.29, 0.717) is 0 Å². The summed E-state index contributed by atoms with van der Waals surface area (Å²) in [4.78, 5) is 10.9. The molecule has 6 heteroatoms. The third kappa shape index (κ3) is 7.01. The van der Waals surface area contributed by atoms with Gasteiger partial charge in [-0.25, -0.2) is 4.79 Å². The van der Waals surface area contributed by atoms with E-state index < -0.39 is 18.3 Å². The fourth-order valence-electron chi connectivity index (χ4n) is 0.959. The van der Waals surface area contributed by atoms with Crippen molar-refractivity contribution in [2.24, 2.45) is 0 Å². The Morgan fingerprint density at radius 1 is 1.47 bits per heavy atom. The zero-order valence-electron chi connectivity index (χ0n) is 10.2. The summed E-state index contributed by atoms with van der Waals surface area (Å²) in [7, 11) is 1.46. The third-order valence-electron chi connectivity index (χ3n) is 1.80. The van der Waals surface area contributed by atoms with Gasteiger partial charge < -0.3 is 14.2 Å². The normalized spacial score (nSPS) is 13.9. The molecule has 1 atom stereocenters. The predicted octanol–water partition coefficient (Wildman–Crippen LogP) is 2.14. The van der Waals surface area contributed by atoms with Crippen LogP contribution in [-0.2, 0) is 19.0 Å². The van der Waals surface area contributed by atoms with Crippen LogP contribution in [0.4, 0.5) is 8.78 Å². The van der Waals surface area contributed by atoms with Crippen molar-refractivity contribution < 1.29 is 27.8 Å². The number of hydrogen-bond donors (Lipinski definition) is 0. The van der Waals surface area contributed by atoms with Gasteiger partial charge in [0.2, 0.25) is 0 Å². The van der Waals surface area contributed by atoms with E-state index in [9.17, 15) is 13.6 Å². The molecule has 4 nitrogen and oxygen atoms in total. The summed E-state index contributed by atoms with van der Waals surface area (Å²) in [5, 5.41) is 0. The van der Waals surface area contributed by atoms with Crippen LogP contribution in [0.1, 0.15) is 20.3 Å². The summed E-state index contributed by atoms with van der Waals surface area (Å²) in [6.45, 7) is 3.17. The van der Waals surface area contributed by atoms with Gasteiger partial charge in [-0.05, 0) is 13.8 Å². The second kappa shape index (κ2) is 8.14. The highest BCUT2D eigenvalue weighted by atomic mass is 19.3. The number of hydrogen-bond acceptors (Lipinski definition) is 4. The van der Waals surface area contributed by atoms with Gasteiger partial charge in [-0.3, -0.25) is 0 Å². The molecule has 0 saturated carbocycles. The lowest BCUT2D eigenvalue weighted by atomic mass is 10.2. The van der Waals surface area contributed by atoms with Crippen molar-refractivity contribution in [3.63, 3.8) is 0 Å². The molecule has 0 N–H and O–H groups in total. The molecule has 0 heterocycles. The minimum atomic E-state index is -3.49. The number of ether oxygens (including phenoxy) is 3. The molecule has 0 amide bonds. The van der Waals surface area contributed by atoms with Crippen molar-refractivity contribution in [1.29, 1.82) is 0 Å². The molecule has 0 radical (unpaired) electrons. The van der Waals surface area contributed by atoms with Crippen molar-refractivity contribution in [2.45, 2.75) is 32.3 Å². The van der Waals surface area contributed by atoms with Crippen LogP contribution < -0.4 is 0 Å². The monoisotopic (exact) mass is 252 g/mol. The van der Waals surface area contributed by atoms with Gasteiger partial charge in [0.15, 0.2) is 0 Å². The number of methoxy groups -OCH3 is 1. The molecular weight excluding hydrogens is 234 g/mol. The highest BCUT2D eigenvalue weighted by Crippen LogP contribution is 2.21. The van der Waals surface area contributed by atoms with Crippen LogP contribution in [0.2, 0.25) is 0 Å². The fourth-order valence-corrected chi connectivity index (χ4v) is 0.959. The number of alkyl halides is 2. The third-order valence-corrected chi connectivity index (χ3v) is 1.80. The van der Waals surface area contributed by atoms with Crippen LogP contribution in [-0.4, -0.2) is 38.5 Å². The number of halogens is 2. The Kier molecular flexibility index (Phi) is 7.65. The highest BCUT2D eigenvalue weighted by Gasteiger charge is 2.38. The number of esters is 1. The maximum Gasteiger partial charge on any atom is 0.377 e. The van der Waals surface area contributed by atoms with E-state index in [0.717, 1.165) is 0 Å². The van der Waals surface area contributed by atoms with Gasteiger partial charge in [0.1, 0.15) is 6.79 Å². The van der Waals surface area contributed by atoms with Gasteiger partial charge in [0.05, 0.1) is 12.7 Å². The van der Waals surface area contributed by atoms with Gasteiger partial charge in [-0.1, -0.05) is 12.2 Å². The standard InChI is InChI=1S/C11H18F2O4/c1-4-16-10(14)11(12,13)7-5-6-9(2)17-8-15-3/h5-6,9H,4,7-8H2,1-3H3/b6-5+. The van der Waals surface area contributed by atoms with E-state index in [1.807, 2.05) is 0 Å². The van der Waals surface area contributed by atoms with E-state index in [2.05, 4.69) is 9.47 Å². The highest BCUT2D eigenvalue weighted by molar-refractivity contribution is 5.77. The molecule has 0 saturated heterocycles. The SMILES string of the molecule is CCOC(=O)C(F)(F)C/C=C/C(C)OCOC. The average Bonchev–Trinajstić information content (AvgIpc) is 2.26. The van der Waals surface area contributed by atoms with E-state index in [1.54, 1.807) is 6.92 Å². The topological polar surface area (TPSA) is 44.8 Å². The second-order valence-corrected chi connectivity index (χ2v) is 3.34. The molecule has 0 aromatic carbocycles. The molecule has 0 aromatic rings. The summed E-state index contributed by atoms with van der Waals surface area (Å²) in [5.41, 5.74) is 0. The molecule has 17 heavy (non-hydrogen) atoms. The van der Waals surface area contributed by atoms with Crippen molar-refractivity contribution in [3.05, 3.63) is 12.2 Å². The number of rotatable bonds is 8. The summed E-state index contributed by atoms with van der Waals surface area (Å²) in [5.74, 6) is -5.00. The van der Waals surface area contributed by atoms with E-state index in [1.165, 1.54) is 26.2 Å². The molecular formula is C11H18F2O4. The van der Waals surface area contributed by atoms with Crippen molar-refractivity contribution in [3.8, 4) is 0 Å². The lowest BCUT2D eigenvalue weighted by molar-refractivity contribution is -0.170. The van der Waals surface area contributed by atoms with Crippen molar-refractivity contribution in [2.75, 3.05) is 20.5 Å². The summed E-state index contributed by atoms with van der Waals surface area (Å²) < 4.78 is 40.2. The summed E-state index contributed by atoms with van der Waals surface area (Å²) >= 11 is 0. The largest absolute Gasteiger partial charge is 0.462 e. The predicted molar refractivity (Wildman–Crippen MR) is 57.8 cm³/mol. The number of carbonyl (C=O) groups excluding carboxylic acids is 1. The smallest absolute Gasteiger partial charge is 0.377 e. The van der Waals surface area contributed by atoms with Crippen LogP contribution in [0.15, 0.2) is 12.2 Å². The lowest BCUT2D eigenvalue weighted by Gasteiger charge is -2.12.